The molecule has 0 unspecified atom stereocenters. The van der Waals surface area contributed by atoms with Gasteiger partial charge < -0.3 is 10.0 Å². The first-order chi connectivity index (χ1) is 12.0. The summed E-state index contributed by atoms with van der Waals surface area (Å²) in [5, 5.41) is 11.2. The monoisotopic (exact) mass is 339 g/mol. The first-order valence-corrected chi connectivity index (χ1v) is 9.08. The predicted octanol–water partition coefficient (Wildman–Crippen LogP) is 3.41. The van der Waals surface area contributed by atoms with Crippen LogP contribution >= 0.6 is 0 Å². The fourth-order valence-corrected chi connectivity index (χ4v) is 3.76. The Labute approximate surface area is 151 Å². The van der Waals surface area contributed by atoms with Crippen LogP contribution in [0, 0.1) is 0 Å². The van der Waals surface area contributed by atoms with Crippen molar-refractivity contribution in [2.75, 3.05) is 26.0 Å². The van der Waals surface area contributed by atoms with Gasteiger partial charge in [-0.25, -0.2) is 4.98 Å². The average Bonchev–Trinajstić information content (AvgIpc) is 2.63. The zero-order valence-corrected chi connectivity index (χ0v) is 15.5. The topological polar surface area (TPSA) is 39.6 Å². The van der Waals surface area contributed by atoms with Crippen molar-refractivity contribution in [3.8, 4) is 0 Å². The van der Waals surface area contributed by atoms with Crippen molar-refractivity contribution in [1.82, 2.24) is 9.88 Å². The van der Waals surface area contributed by atoms with Crippen LogP contribution in [0.1, 0.15) is 36.8 Å². The van der Waals surface area contributed by atoms with Crippen molar-refractivity contribution in [3.63, 3.8) is 0 Å². The van der Waals surface area contributed by atoms with Crippen LogP contribution in [0.25, 0.3) is 0 Å². The third-order valence-electron chi connectivity index (χ3n) is 5.42. The molecule has 1 N–H and O–H groups in total. The van der Waals surface area contributed by atoms with Gasteiger partial charge in [-0.05, 0) is 56.0 Å². The summed E-state index contributed by atoms with van der Waals surface area (Å²) in [4.78, 5) is 8.76. The Balaban J connectivity index is 1.63. The fraction of sp³-hybridized carbons (Fsp3) is 0.476. The lowest BCUT2D eigenvalue weighted by Gasteiger charge is -2.40. The van der Waals surface area contributed by atoms with Gasteiger partial charge in [0.25, 0.3) is 0 Å². The lowest BCUT2D eigenvalue weighted by Crippen LogP contribution is -2.40. The Morgan fingerprint density at radius 1 is 1.08 bits per heavy atom. The van der Waals surface area contributed by atoms with E-state index >= 15 is 0 Å². The van der Waals surface area contributed by atoms with Gasteiger partial charge in [0.2, 0.25) is 0 Å². The first kappa shape index (κ1) is 17.9. The van der Waals surface area contributed by atoms with Crippen molar-refractivity contribution < 1.29 is 5.11 Å². The highest BCUT2D eigenvalue weighted by atomic mass is 16.3. The van der Waals surface area contributed by atoms with Gasteiger partial charge in [-0.3, -0.25) is 4.90 Å². The zero-order chi connectivity index (χ0) is 17.9. The summed E-state index contributed by atoms with van der Waals surface area (Å²) in [6.07, 6.45) is 5.43. The van der Waals surface area contributed by atoms with Crippen molar-refractivity contribution in [2.24, 2.45) is 0 Å². The largest absolute Gasteiger partial charge is 0.385 e. The molecule has 134 valence electrons. The van der Waals surface area contributed by atoms with Crippen LogP contribution in [0.3, 0.4) is 0 Å². The minimum absolute atomic E-state index is 0.524. The minimum Gasteiger partial charge on any atom is -0.385 e. The van der Waals surface area contributed by atoms with Crippen LogP contribution in [0.4, 0.5) is 5.82 Å². The number of aliphatic hydroxyl groups is 1. The normalized spacial score (nSPS) is 23.6. The summed E-state index contributed by atoms with van der Waals surface area (Å²) in [5.41, 5.74) is 1.61. The number of hydrogen-bond donors (Lipinski definition) is 1. The van der Waals surface area contributed by atoms with Gasteiger partial charge in [0.15, 0.2) is 0 Å². The SMILES string of the molecule is CN(C)c1cc(C2(O)CCC(N(C)Cc3ccccc3)CC2)ccn1. The van der Waals surface area contributed by atoms with Crippen molar-refractivity contribution in [1.29, 1.82) is 0 Å². The second-order valence-corrected chi connectivity index (χ2v) is 7.46. The Kier molecular flexibility index (Phi) is 5.40. The van der Waals surface area contributed by atoms with Gasteiger partial charge in [-0.15, -0.1) is 0 Å². The molecule has 1 saturated carbocycles. The van der Waals surface area contributed by atoms with E-state index in [-0.39, 0.29) is 0 Å². The molecule has 4 nitrogen and oxygen atoms in total. The lowest BCUT2D eigenvalue weighted by molar-refractivity contribution is -0.0227. The Morgan fingerprint density at radius 2 is 1.76 bits per heavy atom. The van der Waals surface area contributed by atoms with E-state index in [0.717, 1.165) is 43.6 Å². The molecule has 0 atom stereocenters. The van der Waals surface area contributed by atoms with Crippen molar-refractivity contribution >= 4 is 5.82 Å². The van der Waals surface area contributed by atoms with E-state index < -0.39 is 5.60 Å². The third kappa shape index (κ3) is 4.20. The van der Waals surface area contributed by atoms with E-state index in [1.807, 2.05) is 31.1 Å². The molecule has 1 aliphatic carbocycles. The van der Waals surface area contributed by atoms with Crippen LogP contribution in [0.5, 0.6) is 0 Å². The quantitative estimate of drug-likeness (QED) is 0.906. The van der Waals surface area contributed by atoms with Crippen LogP contribution in [0.15, 0.2) is 48.7 Å². The highest BCUT2D eigenvalue weighted by molar-refractivity contribution is 5.41. The average molecular weight is 339 g/mol. The Bertz CT molecular complexity index is 679. The van der Waals surface area contributed by atoms with Crippen LogP contribution in [-0.4, -0.2) is 42.2 Å². The molecule has 1 aromatic heterocycles. The Hall–Kier alpha value is -1.91. The maximum atomic E-state index is 11.2. The fourth-order valence-electron chi connectivity index (χ4n) is 3.76. The number of nitrogens with zero attached hydrogens (tertiary/aromatic N) is 3. The molecular weight excluding hydrogens is 310 g/mol. The van der Waals surface area contributed by atoms with Gasteiger partial charge in [-0.2, -0.15) is 0 Å². The molecule has 4 heteroatoms. The Morgan fingerprint density at radius 3 is 2.40 bits per heavy atom. The summed E-state index contributed by atoms with van der Waals surface area (Å²) in [5.74, 6) is 0.897. The van der Waals surface area contributed by atoms with Gasteiger partial charge in [0.05, 0.1) is 5.60 Å². The van der Waals surface area contributed by atoms with Crippen molar-refractivity contribution in [3.05, 3.63) is 59.8 Å². The van der Waals surface area contributed by atoms with Crippen LogP contribution in [0.2, 0.25) is 0 Å². The van der Waals surface area contributed by atoms with E-state index in [1.165, 1.54) is 5.56 Å². The standard InChI is InChI=1S/C21H29N3O/c1-23(2)20-15-18(11-14-22-20)21(25)12-9-19(10-13-21)24(3)16-17-7-5-4-6-8-17/h4-8,11,14-15,19,25H,9-10,12-13,16H2,1-3H3. The number of hydrogen-bond acceptors (Lipinski definition) is 4. The van der Waals surface area contributed by atoms with Gasteiger partial charge in [0, 0.05) is 32.9 Å². The number of rotatable bonds is 5. The molecule has 1 heterocycles. The van der Waals surface area contributed by atoms with Gasteiger partial charge in [-0.1, -0.05) is 30.3 Å². The summed E-state index contributed by atoms with van der Waals surface area (Å²) in [7, 11) is 6.15. The van der Waals surface area contributed by atoms with Crippen LogP contribution in [-0.2, 0) is 12.1 Å². The second-order valence-electron chi connectivity index (χ2n) is 7.46. The molecule has 3 rings (SSSR count). The molecule has 0 radical (unpaired) electrons. The molecular formula is C21H29N3O. The molecule has 0 saturated heterocycles. The smallest absolute Gasteiger partial charge is 0.128 e. The zero-order valence-electron chi connectivity index (χ0n) is 15.5. The van der Waals surface area contributed by atoms with E-state index in [2.05, 4.69) is 47.3 Å². The molecule has 25 heavy (non-hydrogen) atoms. The second kappa shape index (κ2) is 7.54. The predicted molar refractivity (Wildman–Crippen MR) is 103 cm³/mol. The number of pyridine rings is 1. The minimum atomic E-state index is -0.724. The molecule has 0 spiro atoms. The molecule has 0 amide bonds. The van der Waals surface area contributed by atoms with Gasteiger partial charge >= 0.3 is 0 Å². The summed E-state index contributed by atoms with van der Waals surface area (Å²) < 4.78 is 0. The molecule has 1 aromatic carbocycles. The number of anilines is 1. The number of aromatic nitrogens is 1. The molecule has 1 fully saturated rings. The van der Waals surface area contributed by atoms with E-state index in [4.69, 9.17) is 0 Å². The first-order valence-electron chi connectivity index (χ1n) is 9.08. The highest BCUT2D eigenvalue weighted by Crippen LogP contribution is 2.39. The van der Waals surface area contributed by atoms with E-state index in [1.54, 1.807) is 6.20 Å². The molecule has 1 aliphatic rings. The number of benzene rings is 1. The molecule has 0 bridgehead atoms. The van der Waals surface area contributed by atoms with Crippen molar-refractivity contribution in [2.45, 2.75) is 43.9 Å². The summed E-state index contributed by atoms with van der Waals surface area (Å²) in [6, 6.07) is 15.1. The molecule has 2 aromatic rings. The maximum Gasteiger partial charge on any atom is 0.128 e. The third-order valence-corrected chi connectivity index (χ3v) is 5.42. The maximum absolute atomic E-state index is 11.2. The van der Waals surface area contributed by atoms with Gasteiger partial charge in [0.1, 0.15) is 5.82 Å². The summed E-state index contributed by atoms with van der Waals surface area (Å²) >= 11 is 0. The van der Waals surface area contributed by atoms with E-state index in [0.29, 0.717) is 6.04 Å². The lowest BCUT2D eigenvalue weighted by atomic mass is 9.77. The highest BCUT2D eigenvalue weighted by Gasteiger charge is 2.36. The van der Waals surface area contributed by atoms with E-state index in [9.17, 15) is 5.11 Å². The van der Waals surface area contributed by atoms with Crippen LogP contribution < -0.4 is 4.90 Å². The summed E-state index contributed by atoms with van der Waals surface area (Å²) in [6.45, 7) is 0.962. The molecule has 0 aliphatic heterocycles.